The third-order valence-electron chi connectivity index (χ3n) is 1.46. The summed E-state index contributed by atoms with van der Waals surface area (Å²) in [6.45, 7) is 0. The molecule has 3 heteroatoms. The molecule has 2 N–H and O–H groups in total. The fraction of sp³-hybridized carbons (Fsp3) is 0.111. The number of aromatic hydroxyl groups is 2. The van der Waals surface area contributed by atoms with Crippen molar-refractivity contribution in [1.29, 1.82) is 0 Å². The van der Waals surface area contributed by atoms with E-state index < -0.39 is 0 Å². The van der Waals surface area contributed by atoms with E-state index >= 15 is 0 Å². The first-order chi connectivity index (χ1) is 5.74. The van der Waals surface area contributed by atoms with Crippen molar-refractivity contribution in [2.24, 2.45) is 0 Å². The second kappa shape index (κ2) is 3.60. The number of hydrogen-bond acceptors (Lipinski definition) is 3. The van der Waals surface area contributed by atoms with Gasteiger partial charge < -0.3 is 10.2 Å². The highest BCUT2D eigenvalue weighted by Gasteiger charge is 1.98. The van der Waals surface area contributed by atoms with Gasteiger partial charge in [-0.3, -0.25) is 0 Å². The molecule has 0 amide bonds. The van der Waals surface area contributed by atoms with E-state index in [1.807, 2.05) is 0 Å². The summed E-state index contributed by atoms with van der Waals surface area (Å²) in [6.07, 6.45) is 1.73. The maximum atomic E-state index is 9.84. The van der Waals surface area contributed by atoms with Crippen molar-refractivity contribution in [3.05, 3.63) is 29.8 Å². The van der Waals surface area contributed by atoms with Crippen molar-refractivity contribution in [1.82, 2.24) is 0 Å². The number of allylic oxidation sites excluding steroid dienone is 1. The average Bonchev–Trinajstić information content (AvgIpc) is 2.07. The van der Waals surface area contributed by atoms with Crippen molar-refractivity contribution >= 4 is 5.94 Å². The lowest BCUT2D eigenvalue weighted by Crippen LogP contribution is -1.80. The summed E-state index contributed by atoms with van der Waals surface area (Å²) in [5, 5.41) is 18.0. The average molecular weight is 164 g/mol. The van der Waals surface area contributed by atoms with Crippen LogP contribution >= 0.6 is 0 Å². The number of benzene rings is 1. The zero-order valence-corrected chi connectivity index (χ0v) is 6.32. The van der Waals surface area contributed by atoms with Gasteiger partial charge in [0.25, 0.3) is 0 Å². The maximum Gasteiger partial charge on any atom is 0.157 e. The Hall–Kier alpha value is -1.73. The van der Waals surface area contributed by atoms with Gasteiger partial charge in [-0.2, -0.15) is 0 Å². The first kappa shape index (κ1) is 8.37. The molecule has 0 radical (unpaired) electrons. The Kier molecular flexibility index (Phi) is 2.51. The lowest BCUT2D eigenvalue weighted by molar-refractivity contribution is 0.403. The van der Waals surface area contributed by atoms with Gasteiger partial charge in [0.05, 0.1) is 0 Å². The minimum atomic E-state index is -0.174. The SMILES string of the molecule is O=C=CCc1ccc(O)c(O)c1. The van der Waals surface area contributed by atoms with E-state index in [1.165, 1.54) is 18.2 Å². The third kappa shape index (κ3) is 1.87. The highest BCUT2D eigenvalue weighted by Crippen LogP contribution is 2.24. The van der Waals surface area contributed by atoms with Gasteiger partial charge in [0.1, 0.15) is 5.94 Å². The summed E-state index contributed by atoms with van der Waals surface area (Å²) in [4.78, 5) is 9.84. The molecule has 0 heterocycles. The standard InChI is InChI=1S/C9H8O3/c10-5-1-2-7-3-4-8(11)9(12)6-7/h1,3-4,6,11-12H,2H2. The fourth-order valence-corrected chi connectivity index (χ4v) is 0.856. The van der Waals surface area contributed by atoms with Gasteiger partial charge in [-0.15, -0.1) is 0 Å². The predicted octanol–water partition coefficient (Wildman–Crippen LogP) is 1.03. The first-order valence-corrected chi connectivity index (χ1v) is 3.44. The smallest absolute Gasteiger partial charge is 0.157 e. The molecule has 1 aromatic rings. The van der Waals surface area contributed by atoms with Crippen molar-refractivity contribution < 1.29 is 15.0 Å². The highest BCUT2D eigenvalue weighted by molar-refractivity contribution is 5.47. The topological polar surface area (TPSA) is 57.5 Å². The van der Waals surface area contributed by atoms with E-state index in [0.717, 1.165) is 5.56 Å². The van der Waals surface area contributed by atoms with E-state index in [9.17, 15) is 4.79 Å². The van der Waals surface area contributed by atoms with Crippen LogP contribution in [0.25, 0.3) is 0 Å². The van der Waals surface area contributed by atoms with Gasteiger partial charge in [0.2, 0.25) is 0 Å². The fourth-order valence-electron chi connectivity index (χ4n) is 0.856. The van der Waals surface area contributed by atoms with E-state index in [0.29, 0.717) is 6.42 Å². The molecule has 1 aromatic carbocycles. The van der Waals surface area contributed by atoms with Crippen molar-refractivity contribution in [3.8, 4) is 11.5 Å². The Bertz CT molecular complexity index is 325. The normalized spacial score (nSPS) is 9.00. The summed E-state index contributed by atoms with van der Waals surface area (Å²) in [5.74, 6) is 1.30. The van der Waals surface area contributed by atoms with Crippen LogP contribution < -0.4 is 0 Å². The molecule has 0 saturated carbocycles. The molecule has 0 aliphatic rings. The molecule has 0 fully saturated rings. The van der Waals surface area contributed by atoms with E-state index in [4.69, 9.17) is 10.2 Å². The van der Waals surface area contributed by atoms with Crippen LogP contribution in [0.1, 0.15) is 5.56 Å². The first-order valence-electron chi connectivity index (χ1n) is 3.44. The second-order valence-electron chi connectivity index (χ2n) is 2.35. The van der Waals surface area contributed by atoms with Gasteiger partial charge in [0.15, 0.2) is 11.5 Å². The lowest BCUT2D eigenvalue weighted by Gasteiger charge is -1.98. The summed E-state index contributed by atoms with van der Waals surface area (Å²) in [5.41, 5.74) is 0.758. The molecule has 12 heavy (non-hydrogen) atoms. The Balaban J connectivity index is 2.89. The van der Waals surface area contributed by atoms with Gasteiger partial charge in [-0.05, 0) is 17.7 Å². The Morgan fingerprint density at radius 3 is 2.67 bits per heavy atom. The highest BCUT2D eigenvalue weighted by atomic mass is 16.3. The van der Waals surface area contributed by atoms with Gasteiger partial charge >= 0.3 is 0 Å². The molecule has 62 valence electrons. The second-order valence-corrected chi connectivity index (χ2v) is 2.35. The number of phenolic OH excluding ortho intramolecular Hbond substituents is 2. The van der Waals surface area contributed by atoms with Crippen molar-refractivity contribution in [3.63, 3.8) is 0 Å². The van der Waals surface area contributed by atoms with Crippen LogP contribution in [0.4, 0.5) is 0 Å². The zero-order chi connectivity index (χ0) is 8.97. The molecule has 0 spiro atoms. The minimum absolute atomic E-state index is 0.158. The summed E-state index contributed by atoms with van der Waals surface area (Å²) >= 11 is 0. The van der Waals surface area contributed by atoms with Gasteiger partial charge in [-0.25, -0.2) is 4.79 Å². The van der Waals surface area contributed by atoms with Crippen LogP contribution in [0.15, 0.2) is 24.3 Å². The van der Waals surface area contributed by atoms with Crippen LogP contribution in [-0.2, 0) is 11.2 Å². The molecule has 0 aliphatic heterocycles. The van der Waals surface area contributed by atoms with Crippen LogP contribution in [0.5, 0.6) is 11.5 Å². The van der Waals surface area contributed by atoms with Crippen LogP contribution in [0, 0.1) is 0 Å². The Morgan fingerprint density at radius 2 is 2.08 bits per heavy atom. The molecular formula is C9H8O3. The lowest BCUT2D eigenvalue weighted by atomic mass is 10.1. The number of hydrogen-bond donors (Lipinski definition) is 2. The van der Waals surface area contributed by atoms with Crippen LogP contribution in [-0.4, -0.2) is 16.2 Å². The number of phenols is 2. The van der Waals surface area contributed by atoms with Crippen molar-refractivity contribution in [2.45, 2.75) is 6.42 Å². The van der Waals surface area contributed by atoms with Gasteiger partial charge in [0, 0.05) is 12.5 Å². The molecule has 0 aliphatic carbocycles. The third-order valence-corrected chi connectivity index (χ3v) is 1.46. The molecule has 3 nitrogen and oxygen atoms in total. The Labute approximate surface area is 69.6 Å². The van der Waals surface area contributed by atoms with E-state index in [1.54, 1.807) is 12.0 Å². The zero-order valence-electron chi connectivity index (χ0n) is 6.32. The summed E-state index contributed by atoms with van der Waals surface area (Å²) in [6, 6.07) is 4.41. The molecule has 0 bridgehead atoms. The van der Waals surface area contributed by atoms with E-state index in [-0.39, 0.29) is 11.5 Å². The van der Waals surface area contributed by atoms with Gasteiger partial charge in [-0.1, -0.05) is 6.07 Å². The molecule has 0 unspecified atom stereocenters. The van der Waals surface area contributed by atoms with Crippen LogP contribution in [0.3, 0.4) is 0 Å². The molecule has 0 saturated heterocycles. The van der Waals surface area contributed by atoms with Crippen molar-refractivity contribution in [2.75, 3.05) is 0 Å². The Morgan fingerprint density at radius 1 is 1.33 bits per heavy atom. The maximum absolute atomic E-state index is 9.84. The minimum Gasteiger partial charge on any atom is -0.504 e. The quantitative estimate of drug-likeness (QED) is 0.507. The van der Waals surface area contributed by atoms with Crippen LogP contribution in [0.2, 0.25) is 0 Å². The molecular weight excluding hydrogens is 156 g/mol. The van der Waals surface area contributed by atoms with E-state index in [2.05, 4.69) is 0 Å². The summed E-state index contributed by atoms with van der Waals surface area (Å²) < 4.78 is 0. The molecule has 0 aromatic heterocycles. The summed E-state index contributed by atoms with van der Waals surface area (Å²) in [7, 11) is 0. The number of rotatable bonds is 2. The predicted molar refractivity (Wildman–Crippen MR) is 43.7 cm³/mol. The number of carbonyl (C=O) groups excluding carboxylic acids is 1. The largest absolute Gasteiger partial charge is 0.504 e. The monoisotopic (exact) mass is 164 g/mol. The molecule has 0 atom stereocenters. The molecule has 1 rings (SSSR count).